The van der Waals surface area contributed by atoms with Crippen molar-refractivity contribution in [3.63, 3.8) is 0 Å². The molecule has 2 bridgehead atoms. The van der Waals surface area contributed by atoms with Gasteiger partial charge in [-0.05, 0) is 58.8 Å². The summed E-state index contributed by atoms with van der Waals surface area (Å²) < 4.78 is 49.6. The number of morpholine rings is 1. The number of aryl methyl sites for hydroxylation is 2. The van der Waals surface area contributed by atoms with Crippen molar-refractivity contribution in [1.82, 2.24) is 24.7 Å². The summed E-state index contributed by atoms with van der Waals surface area (Å²) in [6, 6.07) is 2.45. The van der Waals surface area contributed by atoms with E-state index in [0.717, 1.165) is 35.6 Å². The van der Waals surface area contributed by atoms with Gasteiger partial charge < -0.3 is 9.64 Å². The molecular weight excluding hydrogens is 481 g/mol. The van der Waals surface area contributed by atoms with Crippen LogP contribution in [-0.4, -0.2) is 50.1 Å². The van der Waals surface area contributed by atoms with Crippen LogP contribution in [0.3, 0.4) is 0 Å². The highest BCUT2D eigenvalue weighted by Crippen LogP contribution is 2.66. The summed E-state index contributed by atoms with van der Waals surface area (Å²) in [7, 11) is 0. The molecule has 4 aliphatic carbocycles. The Morgan fingerprint density at radius 3 is 2.49 bits per heavy atom. The summed E-state index contributed by atoms with van der Waals surface area (Å²) in [6.07, 6.45) is 3.04. The number of nitrogens with zero attached hydrogens (tertiary/aromatic N) is 6. The zero-order valence-corrected chi connectivity index (χ0v) is 21.3. The van der Waals surface area contributed by atoms with Crippen LogP contribution in [0.25, 0.3) is 11.0 Å². The molecule has 0 amide bonds. The van der Waals surface area contributed by atoms with Gasteiger partial charge in [0.2, 0.25) is 0 Å². The third-order valence-electron chi connectivity index (χ3n) is 8.96. The summed E-state index contributed by atoms with van der Waals surface area (Å²) in [6.45, 7) is 7.09. The van der Waals surface area contributed by atoms with Crippen molar-refractivity contribution in [3.05, 3.63) is 41.1 Å². The minimum atomic E-state index is -4.17. The van der Waals surface area contributed by atoms with E-state index >= 15 is 0 Å². The van der Waals surface area contributed by atoms with Gasteiger partial charge in [0.05, 0.1) is 53.4 Å². The Bertz CT molecular complexity index is 1380. The average molecular weight is 513 g/mol. The van der Waals surface area contributed by atoms with Crippen molar-refractivity contribution in [1.29, 1.82) is 0 Å². The molecule has 3 atom stereocenters. The lowest BCUT2D eigenvalue weighted by atomic mass is 9.67. The van der Waals surface area contributed by atoms with Crippen molar-refractivity contribution in [2.45, 2.75) is 82.7 Å². The molecule has 3 aromatic rings. The van der Waals surface area contributed by atoms with Gasteiger partial charge in [0, 0.05) is 29.8 Å². The van der Waals surface area contributed by atoms with Crippen molar-refractivity contribution >= 4 is 16.9 Å². The first-order valence-electron chi connectivity index (χ1n) is 13.3. The highest BCUT2D eigenvalue weighted by Gasteiger charge is 2.65. The maximum atomic E-state index is 13.8. The van der Waals surface area contributed by atoms with Crippen LogP contribution in [0.1, 0.15) is 73.8 Å². The average Bonchev–Trinajstić information content (AvgIpc) is 3.25. The highest BCUT2D eigenvalue weighted by molar-refractivity contribution is 5.81. The number of ether oxygens (including phenoxy) is 1. The van der Waals surface area contributed by atoms with E-state index in [1.54, 1.807) is 0 Å². The van der Waals surface area contributed by atoms with Gasteiger partial charge in [-0.3, -0.25) is 4.68 Å². The number of aromatic nitrogens is 5. The second-order valence-corrected chi connectivity index (χ2v) is 11.7. The molecule has 10 heteroatoms. The predicted molar refractivity (Wildman–Crippen MR) is 131 cm³/mol. The first-order chi connectivity index (χ1) is 17.6. The molecule has 0 radical (unpaired) electrons. The number of hydrogen-bond donors (Lipinski definition) is 0. The van der Waals surface area contributed by atoms with Crippen LogP contribution in [0.4, 0.5) is 19.0 Å². The smallest absolute Gasteiger partial charge is 0.367 e. The Balaban J connectivity index is 1.27. The van der Waals surface area contributed by atoms with Gasteiger partial charge in [-0.1, -0.05) is 0 Å². The Morgan fingerprint density at radius 2 is 1.78 bits per heavy atom. The lowest BCUT2D eigenvalue weighted by Crippen LogP contribution is -2.43. The largest absolute Gasteiger partial charge is 0.392 e. The fourth-order valence-corrected chi connectivity index (χ4v) is 6.79. The SMILES string of the molecule is Cc1nc2cc(N3C[C@@H](C)O[C@@H](c4cnn(C5CC5)c4)C3)nc(C34CC(C3)C(C(F)(F)F)C4)c2nc1C. The minimum Gasteiger partial charge on any atom is -0.367 e. The quantitative estimate of drug-likeness (QED) is 0.468. The molecule has 196 valence electrons. The zero-order valence-electron chi connectivity index (χ0n) is 21.3. The van der Waals surface area contributed by atoms with Crippen LogP contribution in [0, 0.1) is 25.7 Å². The topological polar surface area (TPSA) is 69.0 Å². The molecule has 3 aromatic heterocycles. The first-order valence-corrected chi connectivity index (χ1v) is 13.3. The molecule has 4 heterocycles. The first kappa shape index (κ1) is 23.4. The molecule has 7 nitrogen and oxygen atoms in total. The number of hydrogen-bond acceptors (Lipinski definition) is 6. The fraction of sp³-hybridized carbons (Fsp3) is 0.630. The van der Waals surface area contributed by atoms with Crippen LogP contribution in [0.15, 0.2) is 18.5 Å². The number of rotatable bonds is 4. The van der Waals surface area contributed by atoms with Crippen LogP contribution >= 0.6 is 0 Å². The molecular formula is C27H31F3N6O. The van der Waals surface area contributed by atoms with Crippen LogP contribution in [-0.2, 0) is 10.2 Å². The Kier molecular flexibility index (Phi) is 4.98. The molecule has 4 saturated carbocycles. The molecule has 8 rings (SSSR count). The lowest BCUT2D eigenvalue weighted by Gasteiger charge is -2.40. The van der Waals surface area contributed by atoms with Gasteiger partial charge in [0.1, 0.15) is 17.4 Å². The standard InChI is InChI=1S/C27H31F3N6O/c1-14-11-35(13-22(37-14)18-10-31-36(12-18)19-4-5-19)23-6-21-24(33-16(3)15(2)32-21)25(34-23)26-7-17(8-26)20(9-26)27(28,29)30/h6,10,12,14,17,19-20,22H,4-5,7-9,11,13H2,1-3H3/t14-,17?,20?,22-,26?/m1/s1. The molecule has 5 fully saturated rings. The van der Waals surface area contributed by atoms with Crippen LogP contribution < -0.4 is 4.90 Å². The van der Waals surface area contributed by atoms with E-state index in [-0.39, 0.29) is 24.5 Å². The van der Waals surface area contributed by atoms with E-state index in [2.05, 4.69) is 16.2 Å². The van der Waals surface area contributed by atoms with E-state index in [1.807, 2.05) is 37.7 Å². The summed E-state index contributed by atoms with van der Waals surface area (Å²) in [5.41, 5.74) is 4.10. The Labute approximate surface area is 213 Å². The second-order valence-electron chi connectivity index (χ2n) is 11.7. The zero-order chi connectivity index (χ0) is 25.7. The van der Waals surface area contributed by atoms with Crippen molar-refractivity contribution < 1.29 is 17.9 Å². The molecule has 1 aliphatic heterocycles. The van der Waals surface area contributed by atoms with Crippen LogP contribution in [0.5, 0.6) is 0 Å². The van der Waals surface area contributed by atoms with E-state index in [9.17, 15) is 13.2 Å². The van der Waals surface area contributed by atoms with Gasteiger partial charge in [-0.15, -0.1) is 0 Å². The minimum absolute atomic E-state index is 0.0397. The van der Waals surface area contributed by atoms with Gasteiger partial charge >= 0.3 is 6.18 Å². The molecule has 1 unspecified atom stereocenters. The Hall–Kier alpha value is -2.75. The summed E-state index contributed by atoms with van der Waals surface area (Å²) in [5.74, 6) is -0.845. The summed E-state index contributed by atoms with van der Waals surface area (Å²) >= 11 is 0. The molecule has 0 aromatic carbocycles. The summed E-state index contributed by atoms with van der Waals surface area (Å²) in [5, 5.41) is 4.54. The third kappa shape index (κ3) is 3.82. The van der Waals surface area contributed by atoms with Gasteiger partial charge in [0.15, 0.2) is 0 Å². The molecule has 0 spiro atoms. The Morgan fingerprint density at radius 1 is 1.03 bits per heavy atom. The number of alkyl halides is 3. The van der Waals surface area contributed by atoms with E-state index in [4.69, 9.17) is 19.7 Å². The van der Waals surface area contributed by atoms with E-state index in [0.29, 0.717) is 48.7 Å². The van der Waals surface area contributed by atoms with E-state index in [1.165, 1.54) is 0 Å². The second kappa shape index (κ2) is 7.88. The third-order valence-corrected chi connectivity index (χ3v) is 8.96. The normalized spacial score (nSPS) is 31.7. The van der Waals surface area contributed by atoms with Crippen LogP contribution in [0.2, 0.25) is 0 Å². The number of halogens is 3. The highest BCUT2D eigenvalue weighted by atomic mass is 19.4. The fourth-order valence-electron chi connectivity index (χ4n) is 6.79. The molecule has 1 saturated heterocycles. The van der Waals surface area contributed by atoms with Gasteiger partial charge in [-0.2, -0.15) is 18.3 Å². The van der Waals surface area contributed by atoms with Crippen molar-refractivity contribution in [2.24, 2.45) is 11.8 Å². The number of fused-ring (bicyclic) bond motifs is 2. The van der Waals surface area contributed by atoms with Crippen molar-refractivity contribution in [3.8, 4) is 0 Å². The molecule has 5 aliphatic rings. The maximum absolute atomic E-state index is 13.8. The monoisotopic (exact) mass is 512 g/mol. The number of pyridine rings is 1. The van der Waals surface area contributed by atoms with E-state index < -0.39 is 17.5 Å². The summed E-state index contributed by atoms with van der Waals surface area (Å²) in [4.78, 5) is 16.9. The maximum Gasteiger partial charge on any atom is 0.392 e. The predicted octanol–water partition coefficient (Wildman–Crippen LogP) is 5.37. The van der Waals surface area contributed by atoms with Gasteiger partial charge in [0.25, 0.3) is 0 Å². The lowest BCUT2D eigenvalue weighted by molar-refractivity contribution is -0.180. The number of anilines is 1. The van der Waals surface area contributed by atoms with Crippen molar-refractivity contribution in [2.75, 3.05) is 18.0 Å². The molecule has 37 heavy (non-hydrogen) atoms. The van der Waals surface area contributed by atoms with Gasteiger partial charge in [-0.25, -0.2) is 15.0 Å². The molecule has 0 N–H and O–H groups in total.